The number of amides is 1. The van der Waals surface area contributed by atoms with Crippen molar-refractivity contribution in [2.75, 3.05) is 0 Å². The fraction of sp³-hybridized carbons (Fsp3) is 0.176. The van der Waals surface area contributed by atoms with Gasteiger partial charge >= 0.3 is 0 Å². The van der Waals surface area contributed by atoms with Crippen LogP contribution in [0.3, 0.4) is 0 Å². The van der Waals surface area contributed by atoms with Gasteiger partial charge in [0, 0.05) is 18.9 Å². The number of nitrogens with one attached hydrogen (secondary N) is 1. The highest BCUT2D eigenvalue weighted by molar-refractivity contribution is 5.96. The minimum absolute atomic E-state index is 0.0215. The van der Waals surface area contributed by atoms with Crippen LogP contribution in [0.4, 0.5) is 0 Å². The Labute approximate surface area is 118 Å². The summed E-state index contributed by atoms with van der Waals surface area (Å²) in [6.45, 7) is 1.46. The third-order valence-corrected chi connectivity index (χ3v) is 3.06. The van der Waals surface area contributed by atoms with E-state index in [1.54, 1.807) is 12.1 Å². The zero-order chi connectivity index (χ0) is 14.4. The highest BCUT2D eigenvalue weighted by Crippen LogP contribution is 2.19. The van der Waals surface area contributed by atoms with Gasteiger partial charge in [0.25, 0.3) is 0 Å². The van der Waals surface area contributed by atoms with Crippen molar-refractivity contribution in [3.8, 4) is 0 Å². The topological polar surface area (TPSA) is 46.2 Å². The number of carbonyl (C=O) groups excluding carboxylic acids is 2. The molecule has 2 rings (SSSR count). The van der Waals surface area contributed by atoms with E-state index in [4.69, 9.17) is 0 Å². The van der Waals surface area contributed by atoms with Gasteiger partial charge in [0.2, 0.25) is 5.91 Å². The van der Waals surface area contributed by atoms with Crippen LogP contribution < -0.4 is 5.32 Å². The van der Waals surface area contributed by atoms with E-state index >= 15 is 0 Å². The third kappa shape index (κ3) is 3.79. The predicted molar refractivity (Wildman–Crippen MR) is 78.4 cm³/mol. The Hall–Kier alpha value is -2.42. The molecule has 0 spiro atoms. The van der Waals surface area contributed by atoms with Crippen molar-refractivity contribution in [3.05, 3.63) is 71.8 Å². The Kier molecular flexibility index (Phi) is 4.66. The van der Waals surface area contributed by atoms with Crippen LogP contribution in [0, 0.1) is 0 Å². The van der Waals surface area contributed by atoms with E-state index < -0.39 is 0 Å². The van der Waals surface area contributed by atoms with E-state index in [9.17, 15) is 9.59 Å². The maximum Gasteiger partial charge on any atom is 0.217 e. The van der Waals surface area contributed by atoms with Crippen LogP contribution in [-0.4, -0.2) is 11.7 Å². The molecule has 2 aromatic rings. The molecule has 0 bridgehead atoms. The molecule has 2 aromatic carbocycles. The largest absolute Gasteiger partial charge is 0.349 e. The first-order valence-electron chi connectivity index (χ1n) is 6.57. The molecule has 0 aliphatic heterocycles. The van der Waals surface area contributed by atoms with Crippen LogP contribution in [0.5, 0.6) is 0 Å². The highest BCUT2D eigenvalue weighted by atomic mass is 16.1. The second-order valence-corrected chi connectivity index (χ2v) is 4.66. The molecule has 1 N–H and O–H groups in total. The molecule has 3 nitrogen and oxygen atoms in total. The van der Waals surface area contributed by atoms with E-state index in [0.29, 0.717) is 5.56 Å². The lowest BCUT2D eigenvalue weighted by Gasteiger charge is -2.17. The van der Waals surface area contributed by atoms with E-state index in [1.807, 2.05) is 48.5 Å². The second-order valence-electron chi connectivity index (χ2n) is 4.66. The summed E-state index contributed by atoms with van der Waals surface area (Å²) in [5, 5.41) is 2.84. The molecule has 0 aliphatic carbocycles. The summed E-state index contributed by atoms with van der Waals surface area (Å²) >= 11 is 0. The number of carbonyl (C=O) groups is 2. The number of benzene rings is 2. The molecule has 1 amide bonds. The Morgan fingerprint density at radius 1 is 0.950 bits per heavy atom. The molecule has 0 fully saturated rings. The summed E-state index contributed by atoms with van der Waals surface area (Å²) in [5.74, 6) is -0.118. The maximum atomic E-state index is 12.3. The van der Waals surface area contributed by atoms with Gasteiger partial charge in [-0.05, 0) is 5.56 Å². The number of ketones is 1. The van der Waals surface area contributed by atoms with Crippen molar-refractivity contribution in [2.45, 2.75) is 19.4 Å². The Bertz CT molecular complexity index is 578. The van der Waals surface area contributed by atoms with Gasteiger partial charge in [-0.1, -0.05) is 60.7 Å². The van der Waals surface area contributed by atoms with Crippen molar-refractivity contribution in [2.24, 2.45) is 0 Å². The first kappa shape index (κ1) is 14.0. The number of Topliss-reactive ketones (excluding diaryl/α,β-unsaturated/α-hetero) is 1. The average molecular weight is 267 g/mol. The zero-order valence-electron chi connectivity index (χ0n) is 11.4. The fourth-order valence-corrected chi connectivity index (χ4v) is 2.11. The van der Waals surface area contributed by atoms with Crippen LogP contribution in [0.1, 0.15) is 35.3 Å². The smallest absolute Gasteiger partial charge is 0.217 e. The minimum atomic E-state index is -0.290. The van der Waals surface area contributed by atoms with Crippen molar-refractivity contribution >= 4 is 11.7 Å². The molecule has 0 aromatic heterocycles. The summed E-state index contributed by atoms with van der Waals surface area (Å²) in [7, 11) is 0. The number of hydrogen-bond acceptors (Lipinski definition) is 2. The Balaban J connectivity index is 2.16. The quantitative estimate of drug-likeness (QED) is 0.846. The normalized spacial score (nSPS) is 11.7. The first-order chi connectivity index (χ1) is 9.66. The molecule has 0 saturated heterocycles. The number of hydrogen-bond donors (Lipinski definition) is 1. The van der Waals surface area contributed by atoms with Gasteiger partial charge in [0.05, 0.1) is 6.04 Å². The van der Waals surface area contributed by atoms with Crippen molar-refractivity contribution in [3.63, 3.8) is 0 Å². The SMILES string of the molecule is CC(=O)N[C@H](CC(=O)c1ccccc1)c1ccccc1. The van der Waals surface area contributed by atoms with Crippen molar-refractivity contribution in [1.29, 1.82) is 0 Å². The van der Waals surface area contributed by atoms with Gasteiger partial charge in [-0.2, -0.15) is 0 Å². The Morgan fingerprint density at radius 3 is 2.05 bits per heavy atom. The lowest BCUT2D eigenvalue weighted by molar-refractivity contribution is -0.119. The second kappa shape index (κ2) is 6.66. The molecule has 0 heterocycles. The molecule has 0 unspecified atom stereocenters. The molecule has 0 saturated carbocycles. The summed E-state index contributed by atoms with van der Waals surface area (Å²) in [6.07, 6.45) is 0.258. The molecular weight excluding hydrogens is 250 g/mol. The van der Waals surface area contributed by atoms with Crippen molar-refractivity contribution in [1.82, 2.24) is 5.32 Å². The standard InChI is InChI=1S/C17H17NO2/c1-13(19)18-16(14-8-4-2-5-9-14)12-17(20)15-10-6-3-7-11-15/h2-11,16H,12H2,1H3,(H,18,19)/t16-/m1/s1. The van der Waals surface area contributed by atoms with E-state index in [1.165, 1.54) is 6.92 Å². The summed E-state index contributed by atoms with van der Waals surface area (Å²) < 4.78 is 0. The van der Waals surface area contributed by atoms with E-state index in [0.717, 1.165) is 5.56 Å². The lowest BCUT2D eigenvalue weighted by atomic mass is 9.98. The first-order valence-corrected chi connectivity index (χ1v) is 6.57. The Morgan fingerprint density at radius 2 is 1.50 bits per heavy atom. The van der Waals surface area contributed by atoms with Crippen LogP contribution in [0.15, 0.2) is 60.7 Å². The van der Waals surface area contributed by atoms with E-state index in [-0.39, 0.29) is 24.2 Å². The van der Waals surface area contributed by atoms with Crippen LogP contribution in [-0.2, 0) is 4.79 Å². The molecule has 0 radical (unpaired) electrons. The summed E-state index contributed by atoms with van der Waals surface area (Å²) in [6, 6.07) is 18.4. The monoisotopic (exact) mass is 267 g/mol. The highest BCUT2D eigenvalue weighted by Gasteiger charge is 2.17. The fourth-order valence-electron chi connectivity index (χ4n) is 2.11. The zero-order valence-corrected chi connectivity index (χ0v) is 11.4. The van der Waals surface area contributed by atoms with Gasteiger partial charge < -0.3 is 5.32 Å². The predicted octanol–water partition coefficient (Wildman–Crippen LogP) is 3.14. The van der Waals surface area contributed by atoms with Gasteiger partial charge in [0.15, 0.2) is 5.78 Å². The molecule has 1 atom stereocenters. The molecule has 0 aliphatic rings. The molecule has 3 heteroatoms. The summed E-state index contributed by atoms with van der Waals surface area (Å²) in [5.41, 5.74) is 1.60. The van der Waals surface area contributed by atoms with Gasteiger partial charge in [0.1, 0.15) is 0 Å². The third-order valence-electron chi connectivity index (χ3n) is 3.06. The minimum Gasteiger partial charge on any atom is -0.349 e. The van der Waals surface area contributed by atoms with Crippen molar-refractivity contribution < 1.29 is 9.59 Å². The molecule has 102 valence electrons. The maximum absolute atomic E-state index is 12.3. The lowest BCUT2D eigenvalue weighted by Crippen LogP contribution is -2.28. The van der Waals surface area contributed by atoms with Crippen LogP contribution in [0.2, 0.25) is 0 Å². The molecular formula is C17H17NO2. The number of rotatable bonds is 5. The van der Waals surface area contributed by atoms with Gasteiger partial charge in [-0.25, -0.2) is 0 Å². The van der Waals surface area contributed by atoms with Gasteiger partial charge in [-0.3, -0.25) is 9.59 Å². The summed E-state index contributed by atoms with van der Waals surface area (Å²) in [4.78, 5) is 23.6. The van der Waals surface area contributed by atoms with Gasteiger partial charge in [-0.15, -0.1) is 0 Å². The molecule has 20 heavy (non-hydrogen) atoms. The van der Waals surface area contributed by atoms with Crippen LogP contribution in [0.25, 0.3) is 0 Å². The van der Waals surface area contributed by atoms with Crippen LogP contribution >= 0.6 is 0 Å². The van der Waals surface area contributed by atoms with E-state index in [2.05, 4.69) is 5.32 Å². The average Bonchev–Trinajstić information content (AvgIpc) is 2.48.